The lowest BCUT2D eigenvalue weighted by atomic mass is 10.1. The molecule has 0 radical (unpaired) electrons. The summed E-state index contributed by atoms with van der Waals surface area (Å²) in [5.41, 5.74) is 7.71. The number of anilines is 2. The summed E-state index contributed by atoms with van der Waals surface area (Å²) in [6.45, 7) is 2.01. The number of hydrogen-bond acceptors (Lipinski definition) is 8. The van der Waals surface area contributed by atoms with Crippen LogP contribution in [0.5, 0.6) is 0 Å². The number of nitro benzene ring substituents is 1. The molecule has 3 rings (SSSR count). The zero-order valence-corrected chi connectivity index (χ0v) is 15.8. The lowest BCUT2D eigenvalue weighted by molar-refractivity contribution is -0.385. The fourth-order valence-corrected chi connectivity index (χ4v) is 4.00. The Morgan fingerprint density at radius 1 is 1.26 bits per heavy atom. The Kier molecular flexibility index (Phi) is 5.67. The van der Waals surface area contributed by atoms with E-state index in [1.807, 2.05) is 31.2 Å². The number of thioether (sulfide) groups is 1. The minimum absolute atomic E-state index is 0.107. The monoisotopic (exact) mass is 401 g/mol. The van der Waals surface area contributed by atoms with Gasteiger partial charge in [0.2, 0.25) is 11.0 Å². The maximum Gasteiger partial charge on any atom is 0.274 e. The van der Waals surface area contributed by atoms with Crippen LogP contribution in [0.4, 0.5) is 16.5 Å². The standard InChI is InChI=1S/C17H15N5O3S2/c1-10-2-6-13(7-3-10)19-16-20-21-17(27-16)26-9-12-5-4-11(15(18)23)8-14(12)22(24)25/h2-8H,9H2,1H3,(H2,18,23)(H,19,20). The summed E-state index contributed by atoms with van der Waals surface area (Å²) in [5.74, 6) is -0.373. The fourth-order valence-electron chi connectivity index (χ4n) is 2.23. The summed E-state index contributed by atoms with van der Waals surface area (Å²) in [6.07, 6.45) is 0. The van der Waals surface area contributed by atoms with Gasteiger partial charge in [0, 0.05) is 28.6 Å². The van der Waals surface area contributed by atoms with Crippen LogP contribution in [0, 0.1) is 17.0 Å². The first-order valence-electron chi connectivity index (χ1n) is 7.79. The third-order valence-corrected chi connectivity index (χ3v) is 5.65. The van der Waals surface area contributed by atoms with Gasteiger partial charge in [-0.1, -0.05) is 46.9 Å². The van der Waals surface area contributed by atoms with Gasteiger partial charge in [0.05, 0.1) is 4.92 Å². The van der Waals surface area contributed by atoms with E-state index in [1.165, 1.54) is 41.3 Å². The molecular weight excluding hydrogens is 386 g/mol. The highest BCUT2D eigenvalue weighted by atomic mass is 32.2. The molecule has 0 aliphatic carbocycles. The molecule has 0 bridgehead atoms. The highest BCUT2D eigenvalue weighted by Crippen LogP contribution is 2.32. The molecule has 2 aromatic carbocycles. The van der Waals surface area contributed by atoms with Crippen molar-refractivity contribution >= 4 is 45.5 Å². The number of hydrogen-bond donors (Lipinski definition) is 2. The van der Waals surface area contributed by atoms with Gasteiger partial charge in [-0.2, -0.15) is 0 Å². The van der Waals surface area contributed by atoms with Crippen molar-refractivity contribution in [2.75, 3.05) is 5.32 Å². The zero-order valence-electron chi connectivity index (χ0n) is 14.2. The van der Waals surface area contributed by atoms with Crippen molar-refractivity contribution in [3.8, 4) is 0 Å². The second-order valence-corrected chi connectivity index (χ2v) is 7.82. The smallest absolute Gasteiger partial charge is 0.274 e. The average Bonchev–Trinajstić information content (AvgIpc) is 3.09. The lowest BCUT2D eigenvalue weighted by Crippen LogP contribution is -2.11. The molecule has 0 aliphatic rings. The molecule has 27 heavy (non-hydrogen) atoms. The van der Waals surface area contributed by atoms with E-state index in [-0.39, 0.29) is 11.3 Å². The second kappa shape index (κ2) is 8.14. The number of nitrogens with two attached hydrogens (primary N) is 1. The first kappa shape index (κ1) is 18.8. The molecule has 0 unspecified atom stereocenters. The van der Waals surface area contributed by atoms with Crippen LogP contribution < -0.4 is 11.1 Å². The number of aromatic nitrogens is 2. The van der Waals surface area contributed by atoms with Gasteiger partial charge < -0.3 is 11.1 Å². The van der Waals surface area contributed by atoms with E-state index in [2.05, 4.69) is 15.5 Å². The van der Waals surface area contributed by atoms with Crippen molar-refractivity contribution in [3.05, 3.63) is 69.3 Å². The molecule has 1 amide bonds. The average molecular weight is 401 g/mol. The molecule has 138 valence electrons. The Bertz CT molecular complexity index is 988. The van der Waals surface area contributed by atoms with Crippen LogP contribution in [0.15, 0.2) is 46.8 Å². The van der Waals surface area contributed by atoms with Gasteiger partial charge >= 0.3 is 0 Å². The van der Waals surface area contributed by atoms with Gasteiger partial charge in [-0.15, -0.1) is 10.2 Å². The number of carbonyl (C=O) groups excluding carboxylic acids is 1. The number of nitrogens with one attached hydrogen (secondary N) is 1. The molecule has 1 aromatic heterocycles. The maximum absolute atomic E-state index is 11.2. The molecule has 1 heterocycles. The number of benzene rings is 2. The highest BCUT2D eigenvalue weighted by molar-refractivity contribution is 8.00. The van der Waals surface area contributed by atoms with Crippen molar-refractivity contribution in [3.63, 3.8) is 0 Å². The number of aryl methyl sites for hydroxylation is 1. The first-order valence-corrected chi connectivity index (χ1v) is 9.59. The summed E-state index contributed by atoms with van der Waals surface area (Å²) < 4.78 is 0.679. The maximum atomic E-state index is 11.2. The van der Waals surface area contributed by atoms with Crippen molar-refractivity contribution in [2.45, 2.75) is 17.0 Å². The quantitative estimate of drug-likeness (QED) is 0.349. The molecule has 3 N–H and O–H groups in total. The van der Waals surface area contributed by atoms with E-state index in [0.717, 1.165) is 11.3 Å². The third kappa shape index (κ3) is 4.80. The van der Waals surface area contributed by atoms with Crippen LogP contribution in [0.25, 0.3) is 0 Å². The molecular formula is C17H15N5O3S2. The predicted molar refractivity (Wildman–Crippen MR) is 106 cm³/mol. The van der Waals surface area contributed by atoms with Gasteiger partial charge in [-0.3, -0.25) is 14.9 Å². The number of amides is 1. The normalized spacial score (nSPS) is 10.6. The zero-order chi connectivity index (χ0) is 19.4. The third-order valence-electron chi connectivity index (χ3n) is 3.63. The predicted octanol–water partition coefficient (Wildman–Crippen LogP) is 3.89. The number of rotatable bonds is 7. The molecule has 0 saturated heterocycles. The Balaban J connectivity index is 1.68. The fraction of sp³-hybridized carbons (Fsp3) is 0.118. The van der Waals surface area contributed by atoms with Gasteiger partial charge in [-0.05, 0) is 25.1 Å². The van der Waals surface area contributed by atoms with Crippen molar-refractivity contribution in [1.29, 1.82) is 0 Å². The van der Waals surface area contributed by atoms with Crippen LogP contribution in [0.1, 0.15) is 21.5 Å². The van der Waals surface area contributed by atoms with Crippen molar-refractivity contribution < 1.29 is 9.72 Å². The molecule has 0 aliphatic heterocycles. The second-order valence-electron chi connectivity index (χ2n) is 5.62. The van der Waals surface area contributed by atoms with E-state index in [0.29, 0.717) is 20.8 Å². The first-order chi connectivity index (χ1) is 12.9. The SMILES string of the molecule is Cc1ccc(Nc2nnc(SCc3ccc(C(N)=O)cc3[N+](=O)[O-])s2)cc1. The minimum atomic E-state index is -0.701. The van der Waals surface area contributed by atoms with Gasteiger partial charge in [-0.25, -0.2) is 0 Å². The largest absolute Gasteiger partial charge is 0.366 e. The van der Waals surface area contributed by atoms with E-state index >= 15 is 0 Å². The van der Waals surface area contributed by atoms with Crippen LogP contribution in [-0.2, 0) is 5.75 Å². The Morgan fingerprint density at radius 2 is 2.00 bits per heavy atom. The van der Waals surface area contributed by atoms with E-state index < -0.39 is 10.8 Å². The van der Waals surface area contributed by atoms with E-state index in [4.69, 9.17) is 5.73 Å². The van der Waals surface area contributed by atoms with Crippen molar-refractivity contribution in [1.82, 2.24) is 10.2 Å². The highest BCUT2D eigenvalue weighted by Gasteiger charge is 2.17. The Labute approximate surface area is 163 Å². The number of nitro groups is 1. The molecule has 3 aromatic rings. The minimum Gasteiger partial charge on any atom is -0.366 e. The molecule has 0 atom stereocenters. The molecule has 8 nitrogen and oxygen atoms in total. The number of nitrogens with zero attached hydrogens (tertiary/aromatic N) is 3. The van der Waals surface area contributed by atoms with Crippen LogP contribution in [0.2, 0.25) is 0 Å². The van der Waals surface area contributed by atoms with E-state index in [9.17, 15) is 14.9 Å². The Morgan fingerprint density at radius 3 is 2.67 bits per heavy atom. The van der Waals surface area contributed by atoms with Crippen molar-refractivity contribution in [2.24, 2.45) is 5.73 Å². The summed E-state index contributed by atoms with van der Waals surface area (Å²) >= 11 is 2.70. The van der Waals surface area contributed by atoms with Gasteiger partial charge in [0.25, 0.3) is 5.69 Å². The number of primary amides is 1. The topological polar surface area (TPSA) is 124 Å². The van der Waals surface area contributed by atoms with Crippen LogP contribution in [-0.4, -0.2) is 21.0 Å². The van der Waals surface area contributed by atoms with Gasteiger partial charge in [0.1, 0.15) is 0 Å². The van der Waals surface area contributed by atoms with Crippen LogP contribution in [0.3, 0.4) is 0 Å². The van der Waals surface area contributed by atoms with Crippen LogP contribution >= 0.6 is 23.1 Å². The Hall–Kier alpha value is -2.98. The molecule has 0 saturated carbocycles. The molecule has 10 heteroatoms. The van der Waals surface area contributed by atoms with Gasteiger partial charge in [0.15, 0.2) is 4.34 Å². The number of carbonyl (C=O) groups is 1. The summed E-state index contributed by atoms with van der Waals surface area (Å²) in [7, 11) is 0. The lowest BCUT2D eigenvalue weighted by Gasteiger charge is -2.03. The van der Waals surface area contributed by atoms with E-state index in [1.54, 1.807) is 0 Å². The molecule has 0 fully saturated rings. The summed E-state index contributed by atoms with van der Waals surface area (Å²) in [4.78, 5) is 21.9. The molecule has 0 spiro atoms. The summed E-state index contributed by atoms with van der Waals surface area (Å²) in [6, 6.07) is 12.1. The summed E-state index contributed by atoms with van der Waals surface area (Å²) in [5, 5.41) is 23.2.